The van der Waals surface area contributed by atoms with Crippen LogP contribution in [0.15, 0.2) is 24.5 Å². The summed E-state index contributed by atoms with van der Waals surface area (Å²) in [5.74, 6) is 0.357. The van der Waals surface area contributed by atoms with E-state index in [1.807, 2.05) is 18.3 Å². The van der Waals surface area contributed by atoms with Gasteiger partial charge in [0, 0.05) is 37.6 Å². The topological polar surface area (TPSA) is 48.5 Å². The molecule has 1 aromatic rings. The zero-order valence-electron chi connectivity index (χ0n) is 16.5. The minimum Gasteiger partial charge on any atom is -0.352 e. The molecule has 148 valence electrons. The lowest BCUT2D eigenvalue weighted by Crippen LogP contribution is -2.51. The summed E-state index contributed by atoms with van der Waals surface area (Å²) in [7, 11) is 0. The van der Waals surface area contributed by atoms with Crippen molar-refractivity contribution in [2.45, 2.75) is 70.0 Å². The Hall–Kier alpha value is -1.46. The fraction of sp³-hybridized carbons (Fsp3) is 0.727. The van der Waals surface area contributed by atoms with Crippen LogP contribution in [0.2, 0.25) is 0 Å². The van der Waals surface area contributed by atoms with Crippen molar-refractivity contribution in [3.8, 4) is 0 Å². The largest absolute Gasteiger partial charge is 0.352 e. The van der Waals surface area contributed by atoms with Crippen molar-refractivity contribution in [2.24, 2.45) is 5.92 Å². The highest BCUT2D eigenvalue weighted by Crippen LogP contribution is 2.29. The molecular formula is C22H34N4O. The number of nitrogens with one attached hydrogen (secondary N) is 1. The molecule has 3 heterocycles. The maximum atomic E-state index is 12.7. The summed E-state index contributed by atoms with van der Waals surface area (Å²) in [6, 6.07) is 5.47. The Morgan fingerprint density at radius 3 is 2.52 bits per heavy atom. The van der Waals surface area contributed by atoms with Crippen molar-refractivity contribution in [2.75, 3.05) is 26.2 Å². The summed E-state index contributed by atoms with van der Waals surface area (Å²) in [5.41, 5.74) is 1.07. The van der Waals surface area contributed by atoms with Gasteiger partial charge < -0.3 is 10.2 Å². The Morgan fingerprint density at radius 2 is 1.78 bits per heavy atom. The van der Waals surface area contributed by atoms with Gasteiger partial charge in [-0.25, -0.2) is 0 Å². The molecule has 1 unspecified atom stereocenters. The van der Waals surface area contributed by atoms with Gasteiger partial charge in [0.05, 0.1) is 5.92 Å². The summed E-state index contributed by atoms with van der Waals surface area (Å²) in [6.45, 7) is 5.20. The Morgan fingerprint density at radius 1 is 1.00 bits per heavy atom. The van der Waals surface area contributed by atoms with E-state index in [4.69, 9.17) is 0 Å². The van der Waals surface area contributed by atoms with E-state index in [0.29, 0.717) is 12.6 Å². The second-order valence-electron chi connectivity index (χ2n) is 8.62. The van der Waals surface area contributed by atoms with Crippen molar-refractivity contribution in [3.05, 3.63) is 30.1 Å². The smallest absolute Gasteiger partial charge is 0.224 e. The van der Waals surface area contributed by atoms with Crippen LogP contribution in [0.25, 0.3) is 0 Å². The number of likely N-dealkylation sites (tertiary alicyclic amines) is 2. The number of amides is 1. The predicted molar refractivity (Wildman–Crippen MR) is 107 cm³/mol. The summed E-state index contributed by atoms with van der Waals surface area (Å²) < 4.78 is 0. The van der Waals surface area contributed by atoms with Crippen LogP contribution in [0, 0.1) is 5.92 Å². The number of hydrogen-bond acceptors (Lipinski definition) is 4. The molecule has 1 atom stereocenters. The molecule has 0 aromatic carbocycles. The third-order valence-corrected chi connectivity index (χ3v) is 6.87. The molecule has 27 heavy (non-hydrogen) atoms. The van der Waals surface area contributed by atoms with E-state index >= 15 is 0 Å². The Bertz CT molecular complexity index is 594. The highest BCUT2D eigenvalue weighted by Gasteiger charge is 2.33. The van der Waals surface area contributed by atoms with Crippen LogP contribution in [0.4, 0.5) is 0 Å². The van der Waals surface area contributed by atoms with Gasteiger partial charge in [-0.2, -0.15) is 0 Å². The zero-order valence-corrected chi connectivity index (χ0v) is 16.5. The van der Waals surface area contributed by atoms with Gasteiger partial charge in [0.15, 0.2) is 0 Å². The van der Waals surface area contributed by atoms with Crippen molar-refractivity contribution in [1.82, 2.24) is 20.1 Å². The summed E-state index contributed by atoms with van der Waals surface area (Å²) in [4.78, 5) is 22.1. The van der Waals surface area contributed by atoms with Gasteiger partial charge in [0.2, 0.25) is 5.91 Å². The number of carbonyl (C=O) groups is 1. The first-order chi connectivity index (χ1) is 13.3. The van der Waals surface area contributed by atoms with E-state index in [-0.39, 0.29) is 11.8 Å². The molecule has 5 heteroatoms. The zero-order chi connectivity index (χ0) is 18.5. The monoisotopic (exact) mass is 370 g/mol. The van der Waals surface area contributed by atoms with E-state index in [2.05, 4.69) is 20.1 Å². The standard InChI is InChI=1S/C22H34N4O/c27-22(24-16-18-5-3-11-23-15-18)19-6-4-12-26(17-19)21-9-13-25(14-10-21)20-7-1-2-8-20/h3,5,11,15,19-21H,1-2,4,6-10,12-14,16-17H2,(H,24,27). The maximum Gasteiger partial charge on any atom is 0.224 e. The second kappa shape index (κ2) is 9.16. The number of pyridine rings is 1. The van der Waals surface area contributed by atoms with E-state index in [0.717, 1.165) is 31.0 Å². The van der Waals surface area contributed by atoms with Crippen molar-refractivity contribution >= 4 is 5.91 Å². The van der Waals surface area contributed by atoms with Crippen LogP contribution in [-0.4, -0.2) is 59.0 Å². The first-order valence-corrected chi connectivity index (χ1v) is 10.9. The van der Waals surface area contributed by atoms with E-state index < -0.39 is 0 Å². The average molecular weight is 371 g/mol. The van der Waals surface area contributed by atoms with Crippen LogP contribution in [0.1, 0.15) is 56.9 Å². The van der Waals surface area contributed by atoms with Crippen LogP contribution >= 0.6 is 0 Å². The highest BCUT2D eigenvalue weighted by molar-refractivity contribution is 5.78. The molecule has 1 aromatic heterocycles. The van der Waals surface area contributed by atoms with E-state index in [9.17, 15) is 4.79 Å². The van der Waals surface area contributed by atoms with Crippen LogP contribution in [0.5, 0.6) is 0 Å². The molecular weight excluding hydrogens is 336 g/mol. The van der Waals surface area contributed by atoms with E-state index in [1.54, 1.807) is 6.20 Å². The fourth-order valence-electron chi connectivity index (χ4n) is 5.27. The average Bonchev–Trinajstić information content (AvgIpc) is 3.28. The lowest BCUT2D eigenvalue weighted by molar-refractivity contribution is -0.127. The molecule has 1 saturated carbocycles. The Balaban J connectivity index is 1.23. The Kier molecular flexibility index (Phi) is 6.40. The number of piperidine rings is 2. The van der Waals surface area contributed by atoms with Crippen molar-refractivity contribution in [1.29, 1.82) is 0 Å². The SMILES string of the molecule is O=C(NCc1cccnc1)C1CCCN(C2CCN(C3CCCC3)CC2)C1. The molecule has 4 rings (SSSR count). The van der Waals surface area contributed by atoms with Crippen LogP contribution < -0.4 is 5.32 Å². The van der Waals surface area contributed by atoms with Crippen LogP contribution in [0.3, 0.4) is 0 Å². The lowest BCUT2D eigenvalue weighted by Gasteiger charge is -2.43. The molecule has 1 aliphatic carbocycles. The molecule has 0 spiro atoms. The van der Waals surface area contributed by atoms with Gasteiger partial charge in [-0.05, 0) is 69.8 Å². The van der Waals surface area contributed by atoms with Gasteiger partial charge in [-0.15, -0.1) is 0 Å². The lowest BCUT2D eigenvalue weighted by atomic mass is 9.93. The molecule has 2 aliphatic heterocycles. The first-order valence-electron chi connectivity index (χ1n) is 10.9. The molecule has 0 radical (unpaired) electrons. The normalized spacial score (nSPS) is 26.3. The van der Waals surface area contributed by atoms with Gasteiger partial charge >= 0.3 is 0 Å². The minimum absolute atomic E-state index is 0.142. The molecule has 3 fully saturated rings. The highest BCUT2D eigenvalue weighted by atomic mass is 16.1. The quantitative estimate of drug-likeness (QED) is 0.866. The summed E-state index contributed by atoms with van der Waals surface area (Å²) in [6.07, 6.45) is 14.0. The van der Waals surface area contributed by atoms with Crippen molar-refractivity contribution in [3.63, 3.8) is 0 Å². The van der Waals surface area contributed by atoms with Gasteiger partial charge in [-0.3, -0.25) is 14.7 Å². The molecule has 1 amide bonds. The molecule has 0 bridgehead atoms. The number of aromatic nitrogens is 1. The third-order valence-electron chi connectivity index (χ3n) is 6.87. The molecule has 5 nitrogen and oxygen atoms in total. The Labute approximate surface area is 163 Å². The summed E-state index contributed by atoms with van der Waals surface area (Å²) >= 11 is 0. The third kappa shape index (κ3) is 4.88. The van der Waals surface area contributed by atoms with Gasteiger partial charge in [-0.1, -0.05) is 18.9 Å². The minimum atomic E-state index is 0.142. The predicted octanol–water partition coefficient (Wildman–Crippen LogP) is 2.82. The van der Waals surface area contributed by atoms with Crippen LogP contribution in [-0.2, 0) is 11.3 Å². The second-order valence-corrected chi connectivity index (χ2v) is 8.62. The number of rotatable bonds is 5. The van der Waals surface area contributed by atoms with Crippen molar-refractivity contribution < 1.29 is 4.79 Å². The number of nitrogens with zero attached hydrogens (tertiary/aromatic N) is 3. The summed E-state index contributed by atoms with van der Waals surface area (Å²) in [5, 5.41) is 3.12. The number of carbonyl (C=O) groups excluding carboxylic acids is 1. The maximum absolute atomic E-state index is 12.7. The molecule has 1 N–H and O–H groups in total. The number of hydrogen-bond donors (Lipinski definition) is 1. The molecule has 2 saturated heterocycles. The van der Waals surface area contributed by atoms with Gasteiger partial charge in [0.1, 0.15) is 0 Å². The van der Waals surface area contributed by atoms with E-state index in [1.165, 1.54) is 58.2 Å². The fourth-order valence-corrected chi connectivity index (χ4v) is 5.27. The van der Waals surface area contributed by atoms with Gasteiger partial charge in [0.25, 0.3) is 0 Å². The first kappa shape index (κ1) is 18.9. The molecule has 3 aliphatic rings.